The highest BCUT2D eigenvalue weighted by molar-refractivity contribution is 7.90. The standard InChI is InChI=1S/C17H19N3O6S/c21-17(14-4-2-1-3-5-14)18-27(24,25)15-10-16(20(22)23)19(12-15)11-13-6-8-26-9-7-13/h1-5,10,12-13H,6-9,11H2,(H,18,21). The van der Waals surface area contributed by atoms with Crippen molar-refractivity contribution in [1.29, 1.82) is 0 Å². The molecule has 144 valence electrons. The Morgan fingerprint density at radius 3 is 2.56 bits per heavy atom. The lowest BCUT2D eigenvalue weighted by atomic mass is 10.0. The maximum atomic E-state index is 12.5. The number of nitro groups is 1. The van der Waals surface area contributed by atoms with E-state index in [-0.39, 0.29) is 22.2 Å². The van der Waals surface area contributed by atoms with E-state index in [2.05, 4.69) is 0 Å². The Bertz CT molecular complexity index is 933. The number of nitrogens with zero attached hydrogens (tertiary/aromatic N) is 2. The third kappa shape index (κ3) is 4.52. The molecule has 10 heteroatoms. The molecule has 1 amide bonds. The molecule has 0 unspecified atom stereocenters. The minimum atomic E-state index is -4.23. The molecule has 2 heterocycles. The molecule has 0 bridgehead atoms. The van der Waals surface area contributed by atoms with Gasteiger partial charge >= 0.3 is 5.82 Å². The Hall–Kier alpha value is -2.72. The molecule has 0 atom stereocenters. The van der Waals surface area contributed by atoms with E-state index in [1.54, 1.807) is 18.2 Å². The summed E-state index contributed by atoms with van der Waals surface area (Å²) in [4.78, 5) is 22.5. The first kappa shape index (κ1) is 19.1. The molecule has 9 nitrogen and oxygen atoms in total. The van der Waals surface area contributed by atoms with Gasteiger partial charge < -0.3 is 14.9 Å². The van der Waals surface area contributed by atoms with Gasteiger partial charge in [0, 0.05) is 24.7 Å². The van der Waals surface area contributed by atoms with Gasteiger partial charge in [-0.2, -0.15) is 0 Å². The minimum Gasteiger partial charge on any atom is -0.381 e. The van der Waals surface area contributed by atoms with Crippen LogP contribution in [0.25, 0.3) is 0 Å². The normalized spacial score (nSPS) is 15.4. The number of hydrogen-bond acceptors (Lipinski definition) is 6. The van der Waals surface area contributed by atoms with Gasteiger partial charge in [-0.25, -0.2) is 17.7 Å². The van der Waals surface area contributed by atoms with Crippen molar-refractivity contribution in [3.05, 3.63) is 58.3 Å². The lowest BCUT2D eigenvalue weighted by Gasteiger charge is -2.20. The summed E-state index contributed by atoms with van der Waals surface area (Å²) >= 11 is 0. The quantitative estimate of drug-likeness (QED) is 0.591. The summed E-state index contributed by atoms with van der Waals surface area (Å²) in [6.45, 7) is 1.48. The highest BCUT2D eigenvalue weighted by Crippen LogP contribution is 2.25. The molecular weight excluding hydrogens is 374 g/mol. The second-order valence-electron chi connectivity index (χ2n) is 6.30. The Labute approximate surface area is 156 Å². The predicted molar refractivity (Wildman–Crippen MR) is 95.7 cm³/mol. The van der Waals surface area contributed by atoms with E-state index < -0.39 is 20.9 Å². The molecule has 0 aliphatic carbocycles. The summed E-state index contributed by atoms with van der Waals surface area (Å²) in [7, 11) is -4.23. The van der Waals surface area contributed by atoms with Crippen molar-refractivity contribution in [3.8, 4) is 0 Å². The molecule has 2 aromatic rings. The summed E-state index contributed by atoms with van der Waals surface area (Å²) in [5.41, 5.74) is 0.178. The van der Waals surface area contributed by atoms with Gasteiger partial charge in [-0.1, -0.05) is 18.2 Å². The van der Waals surface area contributed by atoms with Crippen molar-refractivity contribution >= 4 is 21.7 Å². The van der Waals surface area contributed by atoms with Gasteiger partial charge in [0.25, 0.3) is 15.9 Å². The summed E-state index contributed by atoms with van der Waals surface area (Å²) in [5.74, 6) is -0.955. The molecule has 1 fully saturated rings. The molecular formula is C17H19N3O6S. The topological polar surface area (TPSA) is 121 Å². The number of carbonyl (C=O) groups is 1. The van der Waals surface area contributed by atoms with Gasteiger partial charge in [0.2, 0.25) is 0 Å². The van der Waals surface area contributed by atoms with Crippen LogP contribution >= 0.6 is 0 Å². The van der Waals surface area contributed by atoms with E-state index in [1.807, 2.05) is 4.72 Å². The Balaban J connectivity index is 1.83. The van der Waals surface area contributed by atoms with Gasteiger partial charge in [-0.3, -0.25) is 4.79 Å². The molecule has 1 aromatic heterocycles. The minimum absolute atomic E-state index is 0.166. The van der Waals surface area contributed by atoms with Crippen LogP contribution in [0.2, 0.25) is 0 Å². The number of hydrogen-bond donors (Lipinski definition) is 1. The third-order valence-corrected chi connectivity index (χ3v) is 5.70. The van der Waals surface area contributed by atoms with E-state index in [1.165, 1.54) is 22.9 Å². The number of sulfonamides is 1. The van der Waals surface area contributed by atoms with Crippen molar-refractivity contribution in [1.82, 2.24) is 9.29 Å². The van der Waals surface area contributed by atoms with Crippen molar-refractivity contribution in [2.75, 3.05) is 13.2 Å². The Morgan fingerprint density at radius 1 is 1.26 bits per heavy atom. The molecule has 0 radical (unpaired) electrons. The van der Waals surface area contributed by atoms with E-state index in [4.69, 9.17) is 4.74 Å². The van der Waals surface area contributed by atoms with E-state index in [9.17, 15) is 23.3 Å². The zero-order valence-corrected chi connectivity index (χ0v) is 15.2. The monoisotopic (exact) mass is 393 g/mol. The molecule has 3 rings (SSSR count). The maximum Gasteiger partial charge on any atom is 0.324 e. The number of rotatable bonds is 6. The maximum absolute atomic E-state index is 12.5. The average Bonchev–Trinajstić information content (AvgIpc) is 3.08. The Kier molecular flexibility index (Phi) is 5.57. The molecule has 27 heavy (non-hydrogen) atoms. The van der Waals surface area contributed by atoms with Crippen molar-refractivity contribution in [3.63, 3.8) is 0 Å². The predicted octanol–water partition coefficient (Wildman–Crippen LogP) is 1.94. The fourth-order valence-electron chi connectivity index (χ4n) is 2.95. The van der Waals surface area contributed by atoms with Crippen LogP contribution in [0.5, 0.6) is 0 Å². The van der Waals surface area contributed by atoms with Crippen molar-refractivity contribution < 1.29 is 22.9 Å². The van der Waals surface area contributed by atoms with Gasteiger partial charge in [-0.05, 0) is 29.9 Å². The van der Waals surface area contributed by atoms with Gasteiger partial charge in [0.15, 0.2) is 0 Å². The zero-order chi connectivity index (χ0) is 19.4. The van der Waals surface area contributed by atoms with Gasteiger partial charge in [0.05, 0.1) is 12.6 Å². The lowest BCUT2D eigenvalue weighted by Crippen LogP contribution is -2.30. The summed E-state index contributed by atoms with van der Waals surface area (Å²) in [6, 6.07) is 8.84. The first-order chi connectivity index (χ1) is 12.9. The highest BCUT2D eigenvalue weighted by atomic mass is 32.2. The van der Waals surface area contributed by atoms with Crippen LogP contribution in [0.1, 0.15) is 23.2 Å². The molecule has 1 saturated heterocycles. The molecule has 1 aromatic carbocycles. The van der Waals surface area contributed by atoms with E-state index in [0.29, 0.717) is 19.8 Å². The van der Waals surface area contributed by atoms with Crippen LogP contribution in [0, 0.1) is 16.0 Å². The van der Waals surface area contributed by atoms with Crippen LogP contribution in [0.4, 0.5) is 5.82 Å². The second-order valence-corrected chi connectivity index (χ2v) is 7.98. The van der Waals surface area contributed by atoms with Gasteiger partial charge in [0.1, 0.15) is 11.1 Å². The number of amides is 1. The van der Waals surface area contributed by atoms with Gasteiger partial charge in [-0.15, -0.1) is 0 Å². The zero-order valence-electron chi connectivity index (χ0n) is 14.4. The number of ether oxygens (including phenoxy) is 1. The van der Waals surface area contributed by atoms with Crippen LogP contribution < -0.4 is 4.72 Å². The number of benzene rings is 1. The first-order valence-electron chi connectivity index (χ1n) is 8.41. The molecule has 1 aliphatic heterocycles. The summed E-state index contributed by atoms with van der Waals surface area (Å²) in [5, 5.41) is 11.3. The molecule has 0 saturated carbocycles. The smallest absolute Gasteiger partial charge is 0.324 e. The van der Waals surface area contributed by atoms with Crippen LogP contribution in [0.3, 0.4) is 0 Å². The summed E-state index contributed by atoms with van der Waals surface area (Å²) in [6.07, 6.45) is 2.71. The molecule has 0 spiro atoms. The Morgan fingerprint density at radius 2 is 1.93 bits per heavy atom. The molecule has 1 N–H and O–H groups in total. The van der Waals surface area contributed by atoms with Crippen molar-refractivity contribution in [2.24, 2.45) is 5.92 Å². The van der Waals surface area contributed by atoms with Crippen LogP contribution in [-0.2, 0) is 21.3 Å². The average molecular weight is 393 g/mol. The third-order valence-electron chi connectivity index (χ3n) is 4.40. The van der Waals surface area contributed by atoms with Crippen molar-refractivity contribution in [2.45, 2.75) is 24.3 Å². The SMILES string of the molecule is O=C(NS(=O)(=O)c1cc([N+](=O)[O-])n(CC2CCOCC2)c1)c1ccccc1. The largest absolute Gasteiger partial charge is 0.381 e. The van der Waals surface area contributed by atoms with E-state index in [0.717, 1.165) is 18.9 Å². The van der Waals surface area contributed by atoms with E-state index >= 15 is 0 Å². The number of carbonyl (C=O) groups excluding carboxylic acids is 1. The number of nitrogens with one attached hydrogen (secondary N) is 1. The summed E-state index contributed by atoms with van der Waals surface area (Å²) < 4.78 is 33.6. The lowest BCUT2D eigenvalue weighted by molar-refractivity contribution is -0.392. The number of aromatic nitrogens is 1. The fraction of sp³-hybridized carbons (Fsp3) is 0.353. The second kappa shape index (κ2) is 7.89. The molecule has 1 aliphatic rings. The fourth-order valence-corrected chi connectivity index (χ4v) is 3.96. The van der Waals surface area contributed by atoms with Crippen LogP contribution in [0.15, 0.2) is 47.5 Å². The highest BCUT2D eigenvalue weighted by Gasteiger charge is 2.28. The van der Waals surface area contributed by atoms with Crippen LogP contribution in [-0.4, -0.2) is 37.0 Å². The first-order valence-corrected chi connectivity index (χ1v) is 9.89.